The standard InChI is InChI=1S/C10H15NO2.ClH/c1-12-9-4-3-5-10(13-2)8(9)6-7-11;/h3-5H,6-7,11H2,1-2H3;1H. The van der Waals surface area contributed by atoms with Gasteiger partial charge in [-0.1, -0.05) is 6.07 Å². The van der Waals surface area contributed by atoms with Gasteiger partial charge in [0.1, 0.15) is 11.5 Å². The van der Waals surface area contributed by atoms with E-state index in [2.05, 4.69) is 0 Å². The Morgan fingerprint density at radius 3 is 2.00 bits per heavy atom. The van der Waals surface area contributed by atoms with Crippen molar-refractivity contribution in [3.63, 3.8) is 0 Å². The molecule has 0 heterocycles. The molecule has 3 nitrogen and oxygen atoms in total. The topological polar surface area (TPSA) is 44.5 Å². The monoisotopic (exact) mass is 217 g/mol. The van der Waals surface area contributed by atoms with Gasteiger partial charge in [0.05, 0.1) is 14.2 Å². The molecule has 2 N–H and O–H groups in total. The molecule has 0 fully saturated rings. The molecule has 0 aliphatic rings. The predicted molar refractivity (Wildman–Crippen MR) is 59.6 cm³/mol. The van der Waals surface area contributed by atoms with Crippen molar-refractivity contribution in [1.82, 2.24) is 0 Å². The number of benzene rings is 1. The molecule has 0 unspecified atom stereocenters. The average molecular weight is 218 g/mol. The van der Waals surface area contributed by atoms with Gasteiger partial charge in [-0.05, 0) is 25.1 Å². The van der Waals surface area contributed by atoms with Crippen LogP contribution in [0.1, 0.15) is 5.56 Å². The van der Waals surface area contributed by atoms with Crippen LogP contribution in [0.3, 0.4) is 0 Å². The Morgan fingerprint density at radius 1 is 1.14 bits per heavy atom. The van der Waals surface area contributed by atoms with E-state index < -0.39 is 0 Å². The van der Waals surface area contributed by atoms with Crippen LogP contribution in [0.2, 0.25) is 0 Å². The number of hydrogen-bond donors (Lipinski definition) is 1. The maximum atomic E-state index is 5.50. The second-order valence-corrected chi connectivity index (χ2v) is 2.68. The molecule has 0 amide bonds. The summed E-state index contributed by atoms with van der Waals surface area (Å²) < 4.78 is 10.4. The Hall–Kier alpha value is -0.930. The van der Waals surface area contributed by atoms with Gasteiger partial charge in [-0.25, -0.2) is 0 Å². The van der Waals surface area contributed by atoms with Crippen molar-refractivity contribution in [2.24, 2.45) is 5.73 Å². The number of hydrogen-bond acceptors (Lipinski definition) is 3. The summed E-state index contributed by atoms with van der Waals surface area (Å²) in [6.45, 7) is 0.594. The van der Waals surface area contributed by atoms with E-state index in [4.69, 9.17) is 15.2 Å². The minimum Gasteiger partial charge on any atom is -0.496 e. The number of rotatable bonds is 4. The van der Waals surface area contributed by atoms with Gasteiger partial charge in [-0.15, -0.1) is 12.4 Å². The van der Waals surface area contributed by atoms with Crippen LogP contribution in [-0.4, -0.2) is 20.8 Å². The third-order valence-corrected chi connectivity index (χ3v) is 1.92. The summed E-state index contributed by atoms with van der Waals surface area (Å²) in [6, 6.07) is 5.72. The molecule has 0 saturated carbocycles. The van der Waals surface area contributed by atoms with Gasteiger partial charge in [0.25, 0.3) is 0 Å². The molecular weight excluding hydrogens is 202 g/mol. The van der Waals surface area contributed by atoms with Gasteiger partial charge in [-0.3, -0.25) is 0 Å². The van der Waals surface area contributed by atoms with E-state index in [9.17, 15) is 0 Å². The summed E-state index contributed by atoms with van der Waals surface area (Å²) in [5, 5.41) is 0. The Labute approximate surface area is 90.6 Å². The second kappa shape index (κ2) is 6.51. The Morgan fingerprint density at radius 2 is 1.64 bits per heavy atom. The summed E-state index contributed by atoms with van der Waals surface area (Å²) in [7, 11) is 3.30. The molecule has 1 rings (SSSR count). The SMILES string of the molecule is COc1cccc(OC)c1CCN.Cl. The van der Waals surface area contributed by atoms with Crippen LogP contribution in [0.4, 0.5) is 0 Å². The number of halogens is 1. The molecule has 14 heavy (non-hydrogen) atoms. The average Bonchev–Trinajstić information content (AvgIpc) is 2.18. The van der Waals surface area contributed by atoms with Gasteiger partial charge in [0.2, 0.25) is 0 Å². The summed E-state index contributed by atoms with van der Waals surface area (Å²) >= 11 is 0. The zero-order valence-electron chi connectivity index (χ0n) is 8.45. The van der Waals surface area contributed by atoms with Crippen molar-refractivity contribution in [2.75, 3.05) is 20.8 Å². The first kappa shape index (κ1) is 13.1. The molecule has 0 atom stereocenters. The first-order valence-electron chi connectivity index (χ1n) is 4.23. The van der Waals surface area contributed by atoms with Gasteiger partial charge < -0.3 is 15.2 Å². The third-order valence-electron chi connectivity index (χ3n) is 1.92. The minimum atomic E-state index is 0. The van der Waals surface area contributed by atoms with Gasteiger partial charge in [-0.2, -0.15) is 0 Å². The highest BCUT2D eigenvalue weighted by molar-refractivity contribution is 5.85. The van der Waals surface area contributed by atoms with E-state index in [1.165, 1.54) is 0 Å². The molecule has 0 aliphatic heterocycles. The van der Waals surface area contributed by atoms with Crippen molar-refractivity contribution in [2.45, 2.75) is 6.42 Å². The van der Waals surface area contributed by atoms with Crippen molar-refractivity contribution in [1.29, 1.82) is 0 Å². The zero-order chi connectivity index (χ0) is 9.68. The highest BCUT2D eigenvalue weighted by Gasteiger charge is 2.07. The van der Waals surface area contributed by atoms with E-state index in [1.807, 2.05) is 18.2 Å². The van der Waals surface area contributed by atoms with Crippen LogP contribution in [0.15, 0.2) is 18.2 Å². The van der Waals surface area contributed by atoms with Crippen LogP contribution < -0.4 is 15.2 Å². The Kier molecular flexibility index (Phi) is 6.08. The molecule has 80 valence electrons. The lowest BCUT2D eigenvalue weighted by molar-refractivity contribution is 0.385. The van der Waals surface area contributed by atoms with Crippen LogP contribution in [0, 0.1) is 0 Å². The largest absolute Gasteiger partial charge is 0.496 e. The van der Waals surface area contributed by atoms with Crippen LogP contribution in [-0.2, 0) is 6.42 Å². The fourth-order valence-corrected chi connectivity index (χ4v) is 1.32. The summed E-state index contributed by atoms with van der Waals surface area (Å²) in [5.41, 5.74) is 6.53. The highest BCUT2D eigenvalue weighted by atomic mass is 35.5. The number of ether oxygens (including phenoxy) is 2. The van der Waals surface area contributed by atoms with Gasteiger partial charge >= 0.3 is 0 Å². The summed E-state index contributed by atoms with van der Waals surface area (Å²) in [4.78, 5) is 0. The first-order chi connectivity index (χ1) is 6.33. The fourth-order valence-electron chi connectivity index (χ4n) is 1.32. The highest BCUT2D eigenvalue weighted by Crippen LogP contribution is 2.27. The van der Waals surface area contributed by atoms with Gasteiger partial charge in [0, 0.05) is 5.56 Å². The Balaban J connectivity index is 0.00000169. The van der Waals surface area contributed by atoms with E-state index in [1.54, 1.807) is 14.2 Å². The molecule has 1 aromatic rings. The lowest BCUT2D eigenvalue weighted by atomic mass is 10.1. The predicted octanol–water partition coefficient (Wildman–Crippen LogP) is 1.63. The maximum Gasteiger partial charge on any atom is 0.125 e. The molecule has 0 spiro atoms. The van der Waals surface area contributed by atoms with Crippen LogP contribution in [0.5, 0.6) is 11.5 Å². The molecule has 0 aliphatic carbocycles. The molecule has 0 radical (unpaired) electrons. The van der Waals surface area contributed by atoms with E-state index >= 15 is 0 Å². The Bertz CT molecular complexity index is 257. The molecule has 0 aromatic heterocycles. The minimum absolute atomic E-state index is 0. The number of nitrogens with two attached hydrogens (primary N) is 1. The lowest BCUT2D eigenvalue weighted by Crippen LogP contribution is -2.05. The van der Waals surface area contributed by atoms with Gasteiger partial charge in [0.15, 0.2) is 0 Å². The van der Waals surface area contributed by atoms with E-state index in [-0.39, 0.29) is 12.4 Å². The summed E-state index contributed by atoms with van der Waals surface area (Å²) in [6.07, 6.45) is 0.771. The van der Waals surface area contributed by atoms with Crippen molar-refractivity contribution in [3.8, 4) is 11.5 Å². The first-order valence-corrected chi connectivity index (χ1v) is 4.23. The molecule has 0 bridgehead atoms. The van der Waals surface area contributed by atoms with E-state index in [0.717, 1.165) is 23.5 Å². The zero-order valence-corrected chi connectivity index (χ0v) is 9.26. The molecular formula is C10H16ClNO2. The van der Waals surface area contributed by atoms with Crippen LogP contribution >= 0.6 is 12.4 Å². The van der Waals surface area contributed by atoms with Crippen molar-refractivity contribution >= 4 is 12.4 Å². The fraction of sp³-hybridized carbons (Fsp3) is 0.400. The van der Waals surface area contributed by atoms with Crippen molar-refractivity contribution in [3.05, 3.63) is 23.8 Å². The molecule has 1 aromatic carbocycles. The lowest BCUT2D eigenvalue weighted by Gasteiger charge is -2.11. The smallest absolute Gasteiger partial charge is 0.125 e. The maximum absolute atomic E-state index is 5.50. The molecule has 4 heteroatoms. The number of methoxy groups -OCH3 is 2. The van der Waals surface area contributed by atoms with E-state index in [0.29, 0.717) is 6.54 Å². The summed E-state index contributed by atoms with van der Waals surface area (Å²) in [5.74, 6) is 1.68. The van der Waals surface area contributed by atoms with Crippen LogP contribution in [0.25, 0.3) is 0 Å². The second-order valence-electron chi connectivity index (χ2n) is 2.68. The third kappa shape index (κ3) is 2.79. The quantitative estimate of drug-likeness (QED) is 0.834. The van der Waals surface area contributed by atoms with Crippen molar-refractivity contribution < 1.29 is 9.47 Å². The molecule has 0 saturated heterocycles. The normalized spacial score (nSPS) is 9.07.